The molecule has 0 aromatic carbocycles. The summed E-state index contributed by atoms with van der Waals surface area (Å²) in [6, 6.07) is 3.29. The van der Waals surface area contributed by atoms with Gasteiger partial charge >= 0.3 is 0 Å². The van der Waals surface area contributed by atoms with Gasteiger partial charge in [-0.1, -0.05) is 5.16 Å². The summed E-state index contributed by atoms with van der Waals surface area (Å²) >= 11 is 0. The van der Waals surface area contributed by atoms with Crippen molar-refractivity contribution in [2.75, 3.05) is 7.05 Å². The summed E-state index contributed by atoms with van der Waals surface area (Å²) in [4.78, 5) is 18.9. The second kappa shape index (κ2) is 5.05. The standard InChI is InChI=1S/C16H20N4O2/c1-9-14-5-10(8-17-15(14)22-19-9)16(21)20(2)13-6-11-3-4-12(7-13)18-11/h5,8,11-13,18H,3-4,6-7H2,1-2H3. The van der Waals surface area contributed by atoms with Crippen molar-refractivity contribution in [2.24, 2.45) is 0 Å². The first kappa shape index (κ1) is 13.7. The predicted molar refractivity (Wildman–Crippen MR) is 81.6 cm³/mol. The highest BCUT2D eigenvalue weighted by Crippen LogP contribution is 2.30. The Hall–Kier alpha value is -1.95. The van der Waals surface area contributed by atoms with Gasteiger partial charge in [-0.25, -0.2) is 4.98 Å². The van der Waals surface area contributed by atoms with Crippen molar-refractivity contribution >= 4 is 17.0 Å². The number of rotatable bonds is 2. The van der Waals surface area contributed by atoms with Gasteiger partial charge in [-0.3, -0.25) is 4.79 Å². The van der Waals surface area contributed by atoms with Crippen LogP contribution in [0.3, 0.4) is 0 Å². The Bertz CT molecular complexity index is 714. The first-order valence-electron chi connectivity index (χ1n) is 7.87. The maximum Gasteiger partial charge on any atom is 0.257 e. The second-order valence-corrected chi connectivity index (χ2v) is 6.52. The number of nitrogens with zero attached hydrogens (tertiary/aromatic N) is 3. The van der Waals surface area contributed by atoms with Gasteiger partial charge in [0.15, 0.2) is 0 Å². The summed E-state index contributed by atoms with van der Waals surface area (Å²) < 4.78 is 5.10. The molecular formula is C16H20N4O2. The first-order valence-corrected chi connectivity index (χ1v) is 7.87. The number of hydrogen-bond donors (Lipinski definition) is 1. The molecule has 1 amide bonds. The molecule has 2 aliphatic heterocycles. The molecule has 22 heavy (non-hydrogen) atoms. The van der Waals surface area contributed by atoms with Crippen molar-refractivity contribution in [2.45, 2.75) is 50.7 Å². The van der Waals surface area contributed by atoms with Gasteiger partial charge < -0.3 is 14.7 Å². The Morgan fingerprint density at radius 3 is 2.82 bits per heavy atom. The van der Waals surface area contributed by atoms with Gasteiger partial charge in [0.05, 0.1) is 16.6 Å². The van der Waals surface area contributed by atoms with E-state index >= 15 is 0 Å². The molecule has 2 aliphatic rings. The van der Waals surface area contributed by atoms with Crippen LogP contribution in [-0.4, -0.2) is 46.1 Å². The zero-order chi connectivity index (χ0) is 15.3. The highest BCUT2D eigenvalue weighted by Gasteiger charge is 2.36. The number of aryl methyl sites for hydroxylation is 1. The molecule has 6 nitrogen and oxygen atoms in total. The number of pyridine rings is 1. The molecule has 116 valence electrons. The van der Waals surface area contributed by atoms with E-state index in [4.69, 9.17) is 4.52 Å². The number of carbonyl (C=O) groups is 1. The third-order valence-corrected chi connectivity index (χ3v) is 5.07. The van der Waals surface area contributed by atoms with Crippen molar-refractivity contribution in [3.05, 3.63) is 23.5 Å². The topological polar surface area (TPSA) is 71.3 Å². The zero-order valence-corrected chi connectivity index (χ0v) is 12.9. The summed E-state index contributed by atoms with van der Waals surface area (Å²) in [7, 11) is 1.91. The Kier molecular flexibility index (Phi) is 3.14. The van der Waals surface area contributed by atoms with E-state index < -0.39 is 0 Å². The molecule has 0 aliphatic carbocycles. The Balaban J connectivity index is 1.58. The van der Waals surface area contributed by atoms with E-state index in [1.165, 1.54) is 12.8 Å². The Morgan fingerprint density at radius 1 is 1.36 bits per heavy atom. The highest BCUT2D eigenvalue weighted by atomic mass is 16.5. The fourth-order valence-electron chi connectivity index (χ4n) is 3.77. The van der Waals surface area contributed by atoms with E-state index in [1.54, 1.807) is 6.20 Å². The van der Waals surface area contributed by atoms with Crippen LogP contribution < -0.4 is 5.32 Å². The van der Waals surface area contributed by atoms with E-state index in [0.717, 1.165) is 23.9 Å². The van der Waals surface area contributed by atoms with Gasteiger partial charge in [-0.05, 0) is 38.7 Å². The summed E-state index contributed by atoms with van der Waals surface area (Å²) in [5, 5.41) is 8.31. The molecule has 0 radical (unpaired) electrons. The molecule has 6 heteroatoms. The normalized spacial score (nSPS) is 27.3. The average molecular weight is 300 g/mol. The summed E-state index contributed by atoms with van der Waals surface area (Å²) in [6.07, 6.45) is 6.13. The molecule has 4 heterocycles. The van der Waals surface area contributed by atoms with Crippen LogP contribution in [0.15, 0.2) is 16.8 Å². The maximum atomic E-state index is 12.8. The van der Waals surface area contributed by atoms with Crippen molar-refractivity contribution in [3.63, 3.8) is 0 Å². The summed E-state index contributed by atoms with van der Waals surface area (Å²) in [5.74, 6) is 0.0290. The van der Waals surface area contributed by atoms with E-state index in [-0.39, 0.29) is 5.91 Å². The molecule has 2 atom stereocenters. The number of nitrogens with one attached hydrogen (secondary N) is 1. The molecule has 1 N–H and O–H groups in total. The van der Waals surface area contributed by atoms with Crippen LogP contribution in [0, 0.1) is 6.92 Å². The van der Waals surface area contributed by atoms with E-state index in [0.29, 0.717) is 29.4 Å². The fraction of sp³-hybridized carbons (Fsp3) is 0.562. The molecule has 2 unspecified atom stereocenters. The summed E-state index contributed by atoms with van der Waals surface area (Å²) in [5.41, 5.74) is 1.85. The van der Waals surface area contributed by atoms with Crippen LogP contribution in [0.4, 0.5) is 0 Å². The molecule has 2 fully saturated rings. The quantitative estimate of drug-likeness (QED) is 0.917. The third kappa shape index (κ3) is 2.18. The van der Waals surface area contributed by atoms with Crippen molar-refractivity contribution < 1.29 is 9.32 Å². The monoisotopic (exact) mass is 300 g/mol. The van der Waals surface area contributed by atoms with Crippen molar-refractivity contribution in [1.29, 1.82) is 0 Å². The van der Waals surface area contributed by atoms with Crippen LogP contribution in [0.25, 0.3) is 11.1 Å². The number of aromatic nitrogens is 2. The van der Waals surface area contributed by atoms with E-state index in [9.17, 15) is 4.79 Å². The lowest BCUT2D eigenvalue weighted by Gasteiger charge is -2.35. The van der Waals surface area contributed by atoms with Gasteiger partial charge in [-0.15, -0.1) is 0 Å². The van der Waals surface area contributed by atoms with Crippen molar-refractivity contribution in [1.82, 2.24) is 20.4 Å². The maximum absolute atomic E-state index is 12.8. The lowest BCUT2D eigenvalue weighted by molar-refractivity contribution is 0.0681. The molecule has 4 rings (SSSR count). The largest absolute Gasteiger partial charge is 0.339 e. The summed E-state index contributed by atoms with van der Waals surface area (Å²) in [6.45, 7) is 1.86. The van der Waals surface area contributed by atoms with Crippen LogP contribution in [-0.2, 0) is 0 Å². The molecule has 2 aromatic rings. The minimum Gasteiger partial charge on any atom is -0.339 e. The fourth-order valence-corrected chi connectivity index (χ4v) is 3.77. The van der Waals surface area contributed by atoms with Crippen molar-refractivity contribution in [3.8, 4) is 0 Å². The van der Waals surface area contributed by atoms with Crippen LogP contribution in [0.1, 0.15) is 41.7 Å². The van der Waals surface area contributed by atoms with Gasteiger partial charge in [0, 0.05) is 31.4 Å². The molecule has 0 spiro atoms. The van der Waals surface area contributed by atoms with E-state index in [1.807, 2.05) is 24.9 Å². The van der Waals surface area contributed by atoms with Crippen LogP contribution in [0.5, 0.6) is 0 Å². The third-order valence-electron chi connectivity index (χ3n) is 5.07. The smallest absolute Gasteiger partial charge is 0.257 e. The molecule has 0 saturated carbocycles. The first-order chi connectivity index (χ1) is 10.6. The van der Waals surface area contributed by atoms with Gasteiger partial charge in [0.1, 0.15) is 0 Å². The molecule has 2 saturated heterocycles. The lowest BCUT2D eigenvalue weighted by Crippen LogP contribution is -2.48. The van der Waals surface area contributed by atoms with Crippen LogP contribution >= 0.6 is 0 Å². The van der Waals surface area contributed by atoms with Crippen LogP contribution in [0.2, 0.25) is 0 Å². The Labute approximate surface area is 128 Å². The molecular weight excluding hydrogens is 280 g/mol. The van der Waals surface area contributed by atoms with Gasteiger partial charge in [-0.2, -0.15) is 0 Å². The highest BCUT2D eigenvalue weighted by molar-refractivity contribution is 5.97. The lowest BCUT2D eigenvalue weighted by atomic mass is 9.98. The minimum absolute atomic E-state index is 0.0290. The number of hydrogen-bond acceptors (Lipinski definition) is 5. The SMILES string of the molecule is Cc1noc2ncc(C(=O)N(C)C3CC4CCC(C3)N4)cc12. The molecule has 2 aromatic heterocycles. The van der Waals surface area contributed by atoms with Gasteiger partial charge in [0.2, 0.25) is 0 Å². The van der Waals surface area contributed by atoms with E-state index in [2.05, 4.69) is 15.5 Å². The average Bonchev–Trinajstić information content (AvgIpc) is 3.08. The number of fused-ring (bicyclic) bond motifs is 3. The molecule has 2 bridgehead atoms. The van der Waals surface area contributed by atoms with Gasteiger partial charge in [0.25, 0.3) is 11.6 Å². The predicted octanol–water partition coefficient (Wildman–Crippen LogP) is 1.89. The zero-order valence-electron chi connectivity index (χ0n) is 12.9. The number of piperidine rings is 1. The minimum atomic E-state index is 0.0290. The second-order valence-electron chi connectivity index (χ2n) is 6.52. The Morgan fingerprint density at radius 2 is 2.09 bits per heavy atom. The number of carbonyl (C=O) groups excluding carboxylic acids is 1. The number of amides is 1.